The van der Waals surface area contributed by atoms with E-state index in [1.807, 2.05) is 6.20 Å². The number of hydrogen-bond acceptors (Lipinski definition) is 4. The monoisotopic (exact) mass is 937 g/mol. The Morgan fingerprint density at radius 3 is 1.72 bits per heavy atom. The lowest BCUT2D eigenvalue weighted by atomic mass is 9.88. The van der Waals surface area contributed by atoms with Crippen molar-refractivity contribution in [2.75, 3.05) is 9.80 Å². The number of hydrogen-bond donors (Lipinski definition) is 0. The number of nitrogens with zero attached hydrogens (tertiary/aromatic N) is 3. The van der Waals surface area contributed by atoms with Crippen LogP contribution in [0, 0.1) is 0 Å². The van der Waals surface area contributed by atoms with Crippen molar-refractivity contribution >= 4 is 107 Å². The summed E-state index contributed by atoms with van der Waals surface area (Å²) in [6, 6.07) is 87.9. The zero-order valence-electron chi connectivity index (χ0n) is 39.9. The molecule has 0 saturated carbocycles. The van der Waals surface area contributed by atoms with Crippen LogP contribution < -0.4 is 20.2 Å². The Bertz CT molecular complexity index is 4200. The molecule has 4 nitrogen and oxygen atoms in total. The van der Waals surface area contributed by atoms with Gasteiger partial charge in [-0.05, 0) is 138 Å². The van der Waals surface area contributed by atoms with E-state index in [0.29, 0.717) is 0 Å². The third-order valence-electron chi connectivity index (χ3n) is 15.1. The van der Waals surface area contributed by atoms with E-state index in [-0.39, 0.29) is 0 Å². The Hall–Kier alpha value is -9.03. The highest BCUT2D eigenvalue weighted by Gasteiger charge is 2.37. The smallest absolute Gasteiger partial charge is 0.159 e. The van der Waals surface area contributed by atoms with E-state index in [2.05, 4.69) is 266 Å². The van der Waals surface area contributed by atoms with Crippen molar-refractivity contribution in [3.63, 3.8) is 0 Å². The average molecular weight is 938 g/mol. The summed E-state index contributed by atoms with van der Waals surface area (Å²) in [5.41, 5.74) is 15.1. The predicted molar refractivity (Wildman–Crippen MR) is 306 cm³/mol. The first-order valence-corrected chi connectivity index (χ1v) is 27.8. The van der Waals surface area contributed by atoms with Gasteiger partial charge in [-0.25, -0.2) is 0 Å². The van der Waals surface area contributed by atoms with Crippen molar-refractivity contribution < 1.29 is 4.42 Å². The maximum atomic E-state index is 6.81. The molecule has 1 aliphatic rings. The second kappa shape index (κ2) is 16.6. The molecule has 1 aliphatic heterocycles. The van der Waals surface area contributed by atoms with Crippen LogP contribution in [-0.2, 0) is 0 Å². The molecule has 0 N–H and O–H groups in total. The maximum absolute atomic E-state index is 6.81. The fourth-order valence-electron chi connectivity index (χ4n) is 11.7. The molecule has 0 aliphatic carbocycles. The van der Waals surface area contributed by atoms with Crippen molar-refractivity contribution in [2.45, 2.75) is 13.1 Å². The number of pyridine rings is 1. The molecule has 0 fully saturated rings. The van der Waals surface area contributed by atoms with Gasteiger partial charge in [0.05, 0.1) is 29.0 Å². The number of benzene rings is 11. The summed E-state index contributed by atoms with van der Waals surface area (Å²) in [5, 5.41) is 12.6. The van der Waals surface area contributed by atoms with Crippen molar-refractivity contribution in [3.05, 3.63) is 249 Å². The van der Waals surface area contributed by atoms with Crippen LogP contribution in [0.3, 0.4) is 0 Å². The molecule has 72 heavy (non-hydrogen) atoms. The molecule has 5 heteroatoms. The molecule has 0 bridgehead atoms. The van der Waals surface area contributed by atoms with Crippen LogP contribution in [0.5, 0.6) is 0 Å². The zero-order chi connectivity index (χ0) is 47.9. The van der Waals surface area contributed by atoms with Crippen LogP contribution in [0.2, 0.25) is 13.1 Å². The largest absolute Gasteiger partial charge is 0.454 e. The minimum Gasteiger partial charge on any atom is -0.454 e. The van der Waals surface area contributed by atoms with Gasteiger partial charge in [0, 0.05) is 39.0 Å². The molecule has 340 valence electrons. The van der Waals surface area contributed by atoms with E-state index in [1.165, 1.54) is 53.8 Å². The topological polar surface area (TPSA) is 32.5 Å². The van der Waals surface area contributed by atoms with E-state index in [9.17, 15) is 0 Å². The molecule has 0 unspecified atom stereocenters. The number of anilines is 6. The van der Waals surface area contributed by atoms with Gasteiger partial charge in [-0.1, -0.05) is 177 Å². The van der Waals surface area contributed by atoms with Gasteiger partial charge in [0.25, 0.3) is 0 Å². The summed E-state index contributed by atoms with van der Waals surface area (Å²) in [4.78, 5) is 9.94. The molecule has 2 aromatic heterocycles. The SMILES string of the molecule is C[Si]1(C)c2cc(N(c3ccccc3-c3ccccc3)c3cccc4c3oc3ccccc34)ccc2-c2cc3c4ccccc4c(-c4ccc(N(c5ccccc5)c5ccccc5)cn4)cc3c3cccc1c23. The van der Waals surface area contributed by atoms with E-state index in [1.54, 1.807) is 0 Å². The first kappa shape index (κ1) is 41.9. The van der Waals surface area contributed by atoms with Gasteiger partial charge in [-0.15, -0.1) is 0 Å². The molecule has 13 aromatic rings. The zero-order valence-corrected chi connectivity index (χ0v) is 40.9. The number of rotatable bonds is 8. The summed E-state index contributed by atoms with van der Waals surface area (Å²) < 4.78 is 6.81. The third kappa shape index (κ3) is 6.55. The third-order valence-corrected chi connectivity index (χ3v) is 18.6. The van der Waals surface area contributed by atoms with E-state index >= 15 is 0 Å². The van der Waals surface area contributed by atoms with Crippen molar-refractivity contribution in [1.29, 1.82) is 0 Å². The van der Waals surface area contributed by atoms with Crippen molar-refractivity contribution in [1.82, 2.24) is 4.98 Å². The fraction of sp³-hybridized carbons (Fsp3) is 0.0299. The van der Waals surface area contributed by atoms with Gasteiger partial charge in [0.1, 0.15) is 13.7 Å². The van der Waals surface area contributed by atoms with E-state index < -0.39 is 8.07 Å². The van der Waals surface area contributed by atoms with Crippen LogP contribution in [-0.4, -0.2) is 13.1 Å². The number of aromatic nitrogens is 1. The summed E-state index contributed by atoms with van der Waals surface area (Å²) >= 11 is 0. The molecule has 0 spiro atoms. The Kier molecular flexibility index (Phi) is 9.63. The minimum atomic E-state index is -2.36. The Morgan fingerprint density at radius 1 is 0.361 bits per heavy atom. The van der Waals surface area contributed by atoms with Crippen LogP contribution in [0.15, 0.2) is 253 Å². The molecule has 0 radical (unpaired) electrons. The highest BCUT2D eigenvalue weighted by molar-refractivity contribution is 7.03. The average Bonchev–Trinajstić information content (AvgIpc) is 3.83. The molecule has 0 saturated heterocycles. The number of furan rings is 1. The second-order valence-electron chi connectivity index (χ2n) is 19.5. The lowest BCUT2D eigenvalue weighted by molar-refractivity contribution is 0.669. The summed E-state index contributed by atoms with van der Waals surface area (Å²) in [6.07, 6.45) is 2.02. The second-order valence-corrected chi connectivity index (χ2v) is 23.8. The van der Waals surface area contributed by atoms with Crippen molar-refractivity contribution in [2.24, 2.45) is 0 Å². The summed E-state index contributed by atoms with van der Waals surface area (Å²) in [7, 11) is -2.36. The lowest BCUT2D eigenvalue weighted by Crippen LogP contribution is -2.56. The minimum absolute atomic E-state index is 0.871. The summed E-state index contributed by atoms with van der Waals surface area (Å²) in [6.45, 7) is 5.07. The molecular weight excluding hydrogens is 891 g/mol. The maximum Gasteiger partial charge on any atom is 0.159 e. The summed E-state index contributed by atoms with van der Waals surface area (Å²) in [5.74, 6) is 0. The van der Waals surface area contributed by atoms with Gasteiger partial charge in [0.15, 0.2) is 5.58 Å². The normalized spacial score (nSPS) is 12.7. The Labute approximate surface area is 419 Å². The van der Waals surface area contributed by atoms with Crippen LogP contribution in [0.4, 0.5) is 34.1 Å². The van der Waals surface area contributed by atoms with Crippen LogP contribution in [0.25, 0.3) is 87.8 Å². The first-order chi connectivity index (χ1) is 35.5. The fourth-order valence-corrected chi connectivity index (χ4v) is 14.8. The predicted octanol–water partition coefficient (Wildman–Crippen LogP) is 17.5. The van der Waals surface area contributed by atoms with E-state index in [4.69, 9.17) is 9.40 Å². The van der Waals surface area contributed by atoms with E-state index in [0.717, 1.165) is 78.4 Å². The number of fused-ring (bicyclic) bond motifs is 9. The van der Waals surface area contributed by atoms with Gasteiger partial charge >= 0.3 is 0 Å². The van der Waals surface area contributed by atoms with Gasteiger partial charge in [0.2, 0.25) is 0 Å². The van der Waals surface area contributed by atoms with Crippen LogP contribution in [0.1, 0.15) is 0 Å². The molecular formula is C67H47N3OSi. The standard InChI is InChI=1S/C67H47N3OSi/c1-72(2)64-35-19-30-54-57-41-58(60-39-37-48(43-68-60)69(45-22-8-4-9-23-45)46-24-10-5-11-25-46)51-28-13-12-27-50(51)56(57)42-59(66(54)64)53-38-36-47(40-65(53)72)70(61-32-16-14-26-49(61)44-20-6-3-7-21-44)62-33-18-31-55-52-29-15-17-34-63(52)71-67(55)62/h3-43H,1-2H3. The molecule has 11 aromatic carbocycles. The molecule has 3 heterocycles. The lowest BCUT2D eigenvalue weighted by Gasteiger charge is -2.36. The Balaban J connectivity index is 0.952. The van der Waals surface area contributed by atoms with Gasteiger partial charge < -0.3 is 14.2 Å². The highest BCUT2D eigenvalue weighted by Crippen LogP contribution is 2.48. The quantitative estimate of drug-likeness (QED) is 0.112. The first-order valence-electron chi connectivity index (χ1n) is 24.8. The molecule has 0 atom stereocenters. The highest BCUT2D eigenvalue weighted by atomic mass is 28.3. The Morgan fingerprint density at radius 2 is 0.958 bits per heavy atom. The number of para-hydroxylation sites is 5. The van der Waals surface area contributed by atoms with Crippen molar-refractivity contribution in [3.8, 4) is 33.5 Å². The van der Waals surface area contributed by atoms with Crippen LogP contribution >= 0.6 is 0 Å². The van der Waals surface area contributed by atoms with Gasteiger partial charge in [-0.2, -0.15) is 0 Å². The van der Waals surface area contributed by atoms with Gasteiger partial charge in [-0.3, -0.25) is 4.98 Å². The molecule has 14 rings (SSSR count). The molecule has 0 amide bonds.